The molecule has 3 nitrogen and oxygen atoms in total. The lowest BCUT2D eigenvalue weighted by Crippen LogP contribution is -2.03. The van der Waals surface area contributed by atoms with Crippen molar-refractivity contribution in [3.8, 4) is 5.75 Å². The molecule has 0 fully saturated rings. The third-order valence-electron chi connectivity index (χ3n) is 5.09. The second kappa shape index (κ2) is 7.19. The highest BCUT2D eigenvalue weighted by molar-refractivity contribution is 6.12. The summed E-state index contributed by atoms with van der Waals surface area (Å²) < 4.78 is 32.6. The van der Waals surface area contributed by atoms with E-state index < -0.39 is 11.6 Å². The molecule has 0 atom stereocenters. The van der Waals surface area contributed by atoms with Gasteiger partial charge in [-0.25, -0.2) is 13.8 Å². The van der Waals surface area contributed by atoms with E-state index in [0.717, 1.165) is 23.3 Å². The summed E-state index contributed by atoms with van der Waals surface area (Å²) in [5, 5.41) is 0.528. The molecule has 2 heterocycles. The van der Waals surface area contributed by atoms with Crippen LogP contribution < -0.4 is 4.74 Å². The van der Waals surface area contributed by atoms with Crippen LogP contribution in [0.3, 0.4) is 0 Å². The third kappa shape index (κ3) is 3.24. The van der Waals surface area contributed by atoms with Crippen molar-refractivity contribution < 1.29 is 18.3 Å². The third-order valence-corrected chi connectivity index (χ3v) is 5.09. The van der Waals surface area contributed by atoms with Gasteiger partial charge in [-0.05, 0) is 42.0 Å². The molecule has 0 N–H and O–H groups in total. The number of hydrogen-bond acceptors (Lipinski definition) is 3. The molecule has 0 radical (unpaired) electrons. The lowest BCUT2D eigenvalue weighted by molar-refractivity contribution is 0.103. The quantitative estimate of drug-likeness (QED) is 0.427. The number of benzene rings is 3. The topological polar surface area (TPSA) is 39.2 Å². The minimum absolute atomic E-state index is 0.0744. The van der Waals surface area contributed by atoms with Gasteiger partial charge < -0.3 is 4.74 Å². The van der Waals surface area contributed by atoms with Gasteiger partial charge in [-0.2, -0.15) is 0 Å². The molecule has 0 amide bonds. The van der Waals surface area contributed by atoms with Gasteiger partial charge in [-0.3, -0.25) is 4.79 Å². The first-order valence-electron chi connectivity index (χ1n) is 9.42. The van der Waals surface area contributed by atoms with Gasteiger partial charge in [-0.1, -0.05) is 36.4 Å². The Morgan fingerprint density at radius 3 is 2.60 bits per heavy atom. The summed E-state index contributed by atoms with van der Waals surface area (Å²) in [7, 11) is 0. The second-order valence-electron chi connectivity index (χ2n) is 7.06. The average Bonchev–Trinajstić information content (AvgIpc) is 2.90. The fraction of sp³-hybridized carbons (Fsp3) is 0.0400. The van der Waals surface area contributed by atoms with Crippen LogP contribution in [0.15, 0.2) is 66.7 Å². The van der Waals surface area contributed by atoms with Crippen molar-refractivity contribution >= 4 is 28.8 Å². The number of ether oxygens (including phenoxy) is 1. The Morgan fingerprint density at radius 1 is 0.867 bits per heavy atom. The van der Waals surface area contributed by atoms with Crippen LogP contribution in [-0.4, -0.2) is 10.8 Å². The number of rotatable bonds is 2. The number of halogens is 2. The van der Waals surface area contributed by atoms with E-state index in [9.17, 15) is 13.6 Å². The van der Waals surface area contributed by atoms with E-state index in [2.05, 4.69) is 4.98 Å². The maximum atomic E-state index is 13.5. The first kappa shape index (κ1) is 18.2. The van der Waals surface area contributed by atoms with Crippen LogP contribution in [0.4, 0.5) is 8.78 Å². The minimum Gasteiger partial charge on any atom is -0.488 e. The summed E-state index contributed by atoms with van der Waals surface area (Å²) in [6, 6.07) is 18.5. The number of pyridine rings is 1. The molecule has 1 aliphatic rings. The molecule has 4 aromatic rings. The Bertz CT molecular complexity index is 1340. The standard InChI is InChI=1S/C25H15F2NO2/c26-21-12-16-8-10-18(28-23(16)13-22(21)27)9-6-15-5-7-17-14-30-24-4-2-1-3-19(24)25(29)20(17)11-15/h1-13H,14H2. The average molecular weight is 399 g/mol. The number of ketones is 1. The minimum atomic E-state index is -0.928. The maximum absolute atomic E-state index is 13.5. The number of fused-ring (bicyclic) bond motifs is 3. The number of para-hydroxylation sites is 1. The highest BCUT2D eigenvalue weighted by Gasteiger charge is 2.21. The van der Waals surface area contributed by atoms with E-state index in [4.69, 9.17) is 4.74 Å². The summed E-state index contributed by atoms with van der Waals surface area (Å²) in [5.41, 5.74) is 3.78. The molecule has 5 rings (SSSR count). The Morgan fingerprint density at radius 2 is 1.70 bits per heavy atom. The molecule has 0 saturated carbocycles. The number of nitrogens with zero attached hydrogens (tertiary/aromatic N) is 1. The molecule has 0 unspecified atom stereocenters. The molecule has 0 saturated heterocycles. The largest absolute Gasteiger partial charge is 0.488 e. The number of hydrogen-bond donors (Lipinski definition) is 0. The summed E-state index contributed by atoms with van der Waals surface area (Å²) in [6.45, 7) is 0.330. The molecule has 30 heavy (non-hydrogen) atoms. The first-order valence-corrected chi connectivity index (χ1v) is 9.42. The van der Waals surface area contributed by atoms with Crippen LogP contribution in [0, 0.1) is 11.6 Å². The molecule has 3 aromatic carbocycles. The number of aromatic nitrogens is 1. The lowest BCUT2D eigenvalue weighted by atomic mass is 9.97. The second-order valence-corrected chi connectivity index (χ2v) is 7.06. The summed E-state index contributed by atoms with van der Waals surface area (Å²) in [5.74, 6) is -1.31. The van der Waals surface area contributed by atoms with Crippen molar-refractivity contribution in [1.29, 1.82) is 0 Å². The van der Waals surface area contributed by atoms with Crippen LogP contribution in [0.5, 0.6) is 5.75 Å². The molecule has 1 aliphatic heterocycles. The van der Waals surface area contributed by atoms with Gasteiger partial charge in [0, 0.05) is 22.6 Å². The zero-order chi connectivity index (χ0) is 20.7. The monoisotopic (exact) mass is 399 g/mol. The SMILES string of the molecule is O=C1c2cc(C=Cc3ccc4cc(F)c(F)cc4n3)ccc2COc2ccccc21. The van der Waals surface area contributed by atoms with Crippen LogP contribution in [-0.2, 0) is 6.61 Å². The Labute approximate surface area is 171 Å². The van der Waals surface area contributed by atoms with E-state index in [-0.39, 0.29) is 5.78 Å². The Balaban J connectivity index is 1.48. The van der Waals surface area contributed by atoms with Gasteiger partial charge in [0.05, 0.1) is 16.8 Å². The molecule has 0 bridgehead atoms. The zero-order valence-corrected chi connectivity index (χ0v) is 15.7. The van der Waals surface area contributed by atoms with E-state index in [1.165, 1.54) is 0 Å². The van der Waals surface area contributed by atoms with Crippen molar-refractivity contribution in [3.63, 3.8) is 0 Å². The van der Waals surface area contributed by atoms with Crippen LogP contribution >= 0.6 is 0 Å². The van der Waals surface area contributed by atoms with Crippen LogP contribution in [0.25, 0.3) is 23.1 Å². The van der Waals surface area contributed by atoms with Gasteiger partial charge in [0.2, 0.25) is 0 Å². The number of carbonyl (C=O) groups excluding carboxylic acids is 1. The van der Waals surface area contributed by atoms with E-state index >= 15 is 0 Å². The van der Waals surface area contributed by atoms with Crippen LogP contribution in [0.2, 0.25) is 0 Å². The molecule has 0 spiro atoms. The molecule has 0 aliphatic carbocycles. The Hall–Kier alpha value is -3.86. The Kier molecular flexibility index (Phi) is 4.36. The molecule has 1 aromatic heterocycles. The van der Waals surface area contributed by atoms with E-state index in [1.54, 1.807) is 30.3 Å². The summed E-state index contributed by atoms with van der Waals surface area (Å²) in [6.07, 6.45) is 3.60. The van der Waals surface area contributed by atoms with Gasteiger partial charge in [0.15, 0.2) is 17.4 Å². The first-order chi connectivity index (χ1) is 14.6. The van der Waals surface area contributed by atoms with E-state index in [1.807, 2.05) is 36.4 Å². The lowest BCUT2D eigenvalue weighted by Gasteiger charge is -2.05. The normalized spacial score (nSPS) is 13.1. The van der Waals surface area contributed by atoms with E-state index in [0.29, 0.717) is 40.1 Å². The van der Waals surface area contributed by atoms with Crippen molar-refractivity contribution in [3.05, 3.63) is 106 Å². The fourth-order valence-corrected chi connectivity index (χ4v) is 3.52. The van der Waals surface area contributed by atoms with Crippen LogP contribution in [0.1, 0.15) is 32.7 Å². The molecular formula is C25H15F2NO2. The van der Waals surface area contributed by atoms with Crippen molar-refractivity contribution in [2.45, 2.75) is 6.61 Å². The molecule has 146 valence electrons. The summed E-state index contributed by atoms with van der Waals surface area (Å²) in [4.78, 5) is 17.3. The predicted molar refractivity (Wildman–Crippen MR) is 111 cm³/mol. The fourth-order valence-electron chi connectivity index (χ4n) is 3.52. The highest BCUT2D eigenvalue weighted by atomic mass is 19.2. The number of carbonyl (C=O) groups is 1. The highest BCUT2D eigenvalue weighted by Crippen LogP contribution is 2.29. The molecular weight excluding hydrogens is 384 g/mol. The smallest absolute Gasteiger partial charge is 0.197 e. The molecule has 5 heteroatoms. The van der Waals surface area contributed by atoms with Crippen molar-refractivity contribution in [2.24, 2.45) is 0 Å². The maximum Gasteiger partial charge on any atom is 0.197 e. The van der Waals surface area contributed by atoms with Gasteiger partial charge in [0.1, 0.15) is 12.4 Å². The zero-order valence-electron chi connectivity index (χ0n) is 15.7. The van der Waals surface area contributed by atoms with Crippen molar-refractivity contribution in [1.82, 2.24) is 4.98 Å². The van der Waals surface area contributed by atoms with Gasteiger partial charge >= 0.3 is 0 Å². The van der Waals surface area contributed by atoms with Gasteiger partial charge in [0.25, 0.3) is 0 Å². The van der Waals surface area contributed by atoms with Gasteiger partial charge in [-0.15, -0.1) is 0 Å². The summed E-state index contributed by atoms with van der Waals surface area (Å²) >= 11 is 0. The predicted octanol–water partition coefficient (Wildman–Crippen LogP) is 5.81. The van der Waals surface area contributed by atoms with Crippen molar-refractivity contribution in [2.75, 3.05) is 0 Å².